The van der Waals surface area contributed by atoms with E-state index in [0.717, 1.165) is 46.0 Å². The molecule has 0 aliphatic heterocycles. The quantitative estimate of drug-likeness (QED) is 0.574. The van der Waals surface area contributed by atoms with Crippen LogP contribution in [0.2, 0.25) is 0 Å². The van der Waals surface area contributed by atoms with Gasteiger partial charge in [0.1, 0.15) is 5.56 Å². The highest BCUT2D eigenvalue weighted by atomic mass is 16.4. The van der Waals surface area contributed by atoms with Crippen LogP contribution in [0.4, 0.5) is 0 Å². The Morgan fingerprint density at radius 3 is 2.75 bits per heavy atom. The van der Waals surface area contributed by atoms with Crippen LogP contribution in [-0.2, 0) is 0 Å². The molecule has 0 spiro atoms. The van der Waals surface area contributed by atoms with Gasteiger partial charge in [-0.2, -0.15) is 0 Å². The van der Waals surface area contributed by atoms with Crippen molar-refractivity contribution < 1.29 is 9.90 Å². The maximum atomic E-state index is 12.7. The third-order valence-electron chi connectivity index (χ3n) is 5.53. The average Bonchev–Trinajstić information content (AvgIpc) is 3.53. The Bertz CT molecular complexity index is 1330. The molecule has 5 rings (SSSR count). The summed E-state index contributed by atoms with van der Waals surface area (Å²) in [6.45, 7) is 2.00. The molecule has 1 fully saturated rings. The fourth-order valence-corrected chi connectivity index (χ4v) is 3.97. The van der Waals surface area contributed by atoms with Crippen LogP contribution in [0.5, 0.6) is 0 Å². The Hall–Kier alpha value is -3.47. The molecule has 0 saturated heterocycles. The summed E-state index contributed by atoms with van der Waals surface area (Å²) < 4.78 is 1.99. The zero-order valence-electron chi connectivity index (χ0n) is 15.3. The van der Waals surface area contributed by atoms with Gasteiger partial charge in [0.15, 0.2) is 0 Å². The molecular formula is C23H18N2O3. The second-order valence-electron chi connectivity index (χ2n) is 7.36. The monoisotopic (exact) mass is 370 g/mol. The number of aromatic nitrogens is 2. The molecule has 0 radical (unpaired) electrons. The number of pyridine rings is 2. The SMILES string of the molecule is Cc1c(-c2ccc3ncccc3c2)ccc2c(=O)c(C(=O)O)cn(C3CC3)c12. The molecule has 1 aliphatic rings. The number of hydrogen-bond acceptors (Lipinski definition) is 3. The van der Waals surface area contributed by atoms with Gasteiger partial charge < -0.3 is 9.67 Å². The minimum atomic E-state index is -1.18. The van der Waals surface area contributed by atoms with Gasteiger partial charge in [0, 0.05) is 29.2 Å². The summed E-state index contributed by atoms with van der Waals surface area (Å²) in [5.74, 6) is -1.18. The summed E-state index contributed by atoms with van der Waals surface area (Å²) in [6, 6.07) is 14.0. The fourth-order valence-electron chi connectivity index (χ4n) is 3.97. The lowest BCUT2D eigenvalue weighted by Gasteiger charge is -2.17. The summed E-state index contributed by atoms with van der Waals surface area (Å²) in [7, 11) is 0. The third kappa shape index (κ3) is 2.51. The minimum absolute atomic E-state index is 0.164. The van der Waals surface area contributed by atoms with Crippen LogP contribution in [0.25, 0.3) is 32.9 Å². The van der Waals surface area contributed by atoms with Gasteiger partial charge in [0.25, 0.3) is 0 Å². The first-order valence-electron chi connectivity index (χ1n) is 9.31. The van der Waals surface area contributed by atoms with Gasteiger partial charge in [-0.1, -0.05) is 18.2 Å². The lowest BCUT2D eigenvalue weighted by molar-refractivity contribution is 0.0695. The number of nitrogens with zero attached hydrogens (tertiary/aromatic N) is 2. The smallest absolute Gasteiger partial charge is 0.341 e. The molecule has 2 aromatic heterocycles. The molecule has 28 heavy (non-hydrogen) atoms. The first-order chi connectivity index (χ1) is 13.5. The van der Waals surface area contributed by atoms with E-state index < -0.39 is 11.4 Å². The first kappa shape index (κ1) is 16.7. The standard InChI is InChI=1S/C23H18N2O3/c1-13-17(14-4-9-20-15(11-14)3-2-10-24-20)7-8-18-21(13)25(16-5-6-16)12-19(22(18)26)23(27)28/h2-4,7-12,16H,5-6H2,1H3,(H,27,28). The third-order valence-corrected chi connectivity index (χ3v) is 5.53. The van der Waals surface area contributed by atoms with E-state index in [4.69, 9.17) is 0 Å². The molecule has 2 heterocycles. The number of fused-ring (bicyclic) bond motifs is 2. The van der Waals surface area contributed by atoms with Gasteiger partial charge >= 0.3 is 5.97 Å². The molecule has 5 nitrogen and oxygen atoms in total. The zero-order chi connectivity index (χ0) is 19.4. The highest BCUT2D eigenvalue weighted by molar-refractivity contribution is 5.96. The molecule has 1 N–H and O–H groups in total. The lowest BCUT2D eigenvalue weighted by Crippen LogP contribution is -2.19. The molecule has 2 aromatic carbocycles. The van der Waals surface area contributed by atoms with Gasteiger partial charge in [-0.05, 0) is 60.7 Å². The summed E-state index contributed by atoms with van der Waals surface area (Å²) in [5, 5.41) is 11.0. The van der Waals surface area contributed by atoms with Crippen molar-refractivity contribution in [3.8, 4) is 11.1 Å². The Labute approximate surface area is 160 Å². The van der Waals surface area contributed by atoms with Crippen molar-refractivity contribution in [2.75, 3.05) is 0 Å². The number of benzene rings is 2. The lowest BCUT2D eigenvalue weighted by atomic mass is 9.95. The van der Waals surface area contributed by atoms with Gasteiger partial charge in [0.2, 0.25) is 5.43 Å². The van der Waals surface area contributed by atoms with E-state index in [0.29, 0.717) is 5.39 Å². The van der Waals surface area contributed by atoms with Gasteiger partial charge in [-0.25, -0.2) is 4.79 Å². The topological polar surface area (TPSA) is 72.2 Å². The van der Waals surface area contributed by atoms with Gasteiger partial charge in [0.05, 0.1) is 11.0 Å². The molecule has 1 aliphatic carbocycles. The van der Waals surface area contributed by atoms with Crippen LogP contribution in [0, 0.1) is 6.92 Å². The van der Waals surface area contributed by atoms with E-state index in [1.54, 1.807) is 12.3 Å². The fraction of sp³-hybridized carbons (Fsp3) is 0.174. The number of aromatic carboxylic acids is 1. The van der Waals surface area contributed by atoms with E-state index in [-0.39, 0.29) is 11.6 Å². The second-order valence-corrected chi connectivity index (χ2v) is 7.36. The van der Waals surface area contributed by atoms with E-state index in [1.807, 2.05) is 41.8 Å². The molecule has 5 heteroatoms. The molecule has 0 atom stereocenters. The van der Waals surface area contributed by atoms with Crippen LogP contribution in [0.3, 0.4) is 0 Å². The van der Waals surface area contributed by atoms with Crippen LogP contribution >= 0.6 is 0 Å². The molecular weight excluding hydrogens is 352 g/mol. The molecule has 138 valence electrons. The van der Waals surface area contributed by atoms with E-state index in [9.17, 15) is 14.7 Å². The van der Waals surface area contributed by atoms with Crippen molar-refractivity contribution >= 4 is 27.8 Å². The van der Waals surface area contributed by atoms with Crippen molar-refractivity contribution in [2.45, 2.75) is 25.8 Å². The second kappa shape index (κ2) is 6.02. The van der Waals surface area contributed by atoms with E-state index in [1.165, 1.54) is 6.20 Å². The summed E-state index contributed by atoms with van der Waals surface area (Å²) in [4.78, 5) is 28.6. The minimum Gasteiger partial charge on any atom is -0.477 e. The number of carboxylic acids is 1. The molecule has 0 unspecified atom stereocenters. The largest absolute Gasteiger partial charge is 0.477 e. The predicted molar refractivity (Wildman–Crippen MR) is 109 cm³/mol. The normalized spacial score (nSPS) is 13.9. The Morgan fingerprint density at radius 2 is 2.00 bits per heavy atom. The van der Waals surface area contributed by atoms with Gasteiger partial charge in [-0.15, -0.1) is 0 Å². The molecule has 1 saturated carbocycles. The number of carbonyl (C=O) groups is 1. The van der Waals surface area contributed by atoms with Crippen molar-refractivity contribution in [2.24, 2.45) is 0 Å². The highest BCUT2D eigenvalue weighted by Crippen LogP contribution is 2.39. The summed E-state index contributed by atoms with van der Waals surface area (Å²) in [6.07, 6.45) is 5.30. The van der Waals surface area contributed by atoms with Crippen molar-refractivity contribution in [3.63, 3.8) is 0 Å². The van der Waals surface area contributed by atoms with Crippen LogP contribution in [0.1, 0.15) is 34.8 Å². The van der Waals surface area contributed by atoms with Crippen molar-refractivity contribution in [1.29, 1.82) is 0 Å². The van der Waals surface area contributed by atoms with E-state index >= 15 is 0 Å². The first-order valence-corrected chi connectivity index (χ1v) is 9.31. The van der Waals surface area contributed by atoms with Crippen molar-refractivity contribution in [1.82, 2.24) is 9.55 Å². The average molecular weight is 370 g/mol. The van der Waals surface area contributed by atoms with Gasteiger partial charge in [-0.3, -0.25) is 9.78 Å². The number of hydrogen-bond donors (Lipinski definition) is 1. The summed E-state index contributed by atoms with van der Waals surface area (Å²) in [5.41, 5.74) is 4.26. The van der Waals surface area contributed by atoms with Crippen LogP contribution in [0.15, 0.2) is 59.7 Å². The zero-order valence-corrected chi connectivity index (χ0v) is 15.3. The van der Waals surface area contributed by atoms with Crippen LogP contribution < -0.4 is 5.43 Å². The maximum absolute atomic E-state index is 12.7. The van der Waals surface area contributed by atoms with Crippen molar-refractivity contribution in [3.05, 3.63) is 76.2 Å². The molecule has 4 aromatic rings. The van der Waals surface area contributed by atoms with Crippen LogP contribution in [-0.4, -0.2) is 20.6 Å². The molecule has 0 amide bonds. The Balaban J connectivity index is 1.80. The predicted octanol–water partition coefficient (Wildman–Crippen LogP) is 4.56. The maximum Gasteiger partial charge on any atom is 0.341 e. The number of aryl methyl sites for hydroxylation is 1. The molecule has 0 bridgehead atoms. The Kier molecular flexibility index (Phi) is 3.59. The highest BCUT2D eigenvalue weighted by Gasteiger charge is 2.27. The summed E-state index contributed by atoms with van der Waals surface area (Å²) >= 11 is 0. The van der Waals surface area contributed by atoms with E-state index in [2.05, 4.69) is 11.1 Å². The number of rotatable bonds is 3. The Morgan fingerprint density at radius 1 is 1.18 bits per heavy atom. The number of carboxylic acid groups (broad SMARTS) is 1.